The van der Waals surface area contributed by atoms with E-state index in [9.17, 15) is 4.79 Å². The number of H-pyrrole nitrogens is 1. The van der Waals surface area contributed by atoms with Gasteiger partial charge in [-0.05, 0) is 24.4 Å². The molecule has 0 aliphatic carbocycles. The average molecular weight is 269 g/mol. The largest absolute Gasteiger partial charge is 0.477 e. The number of nitrogens with zero attached hydrogens (tertiary/aromatic N) is 1. The third-order valence-electron chi connectivity index (χ3n) is 2.42. The zero-order valence-corrected chi connectivity index (χ0v) is 10.5. The van der Waals surface area contributed by atoms with Crippen LogP contribution in [0, 0.1) is 4.77 Å². The van der Waals surface area contributed by atoms with Gasteiger partial charge >= 0.3 is 5.97 Å². The molecule has 1 heterocycles. The summed E-state index contributed by atoms with van der Waals surface area (Å²) in [7, 11) is 1.71. The first kappa shape index (κ1) is 11.9. The van der Waals surface area contributed by atoms with Gasteiger partial charge in [-0.15, -0.1) is 0 Å². The highest BCUT2D eigenvalue weighted by Gasteiger charge is 2.17. The maximum atomic E-state index is 11.1. The summed E-state index contributed by atoms with van der Waals surface area (Å²) in [5.41, 5.74) is 1.30. The molecule has 2 aromatic rings. The molecule has 0 aliphatic heterocycles. The SMILES string of the molecule is Cn1c(-c2cccc(Cl)c2)c(C(=O)O)[nH]c1=S. The highest BCUT2D eigenvalue weighted by Crippen LogP contribution is 2.25. The first-order valence-electron chi connectivity index (χ1n) is 4.79. The molecule has 2 N–H and O–H groups in total. The smallest absolute Gasteiger partial charge is 0.354 e. The molecule has 6 heteroatoms. The van der Waals surface area contributed by atoms with E-state index in [-0.39, 0.29) is 5.69 Å². The van der Waals surface area contributed by atoms with Gasteiger partial charge in [-0.3, -0.25) is 0 Å². The Morgan fingerprint density at radius 1 is 1.53 bits per heavy atom. The molecular formula is C11H9ClN2O2S. The van der Waals surface area contributed by atoms with E-state index in [2.05, 4.69) is 4.98 Å². The van der Waals surface area contributed by atoms with Crippen LogP contribution in [0.5, 0.6) is 0 Å². The number of carbonyl (C=O) groups is 1. The number of hydrogen-bond acceptors (Lipinski definition) is 2. The number of hydrogen-bond donors (Lipinski definition) is 2. The Balaban J connectivity index is 2.74. The lowest BCUT2D eigenvalue weighted by atomic mass is 10.1. The number of aromatic carboxylic acids is 1. The summed E-state index contributed by atoms with van der Waals surface area (Å²) in [5, 5.41) is 9.66. The van der Waals surface area contributed by atoms with Crippen molar-refractivity contribution < 1.29 is 9.90 Å². The maximum Gasteiger partial charge on any atom is 0.354 e. The second-order valence-corrected chi connectivity index (χ2v) is 4.35. The number of nitrogens with one attached hydrogen (secondary N) is 1. The number of carboxylic acids is 1. The van der Waals surface area contributed by atoms with Crippen LogP contribution in [-0.4, -0.2) is 20.6 Å². The maximum absolute atomic E-state index is 11.1. The minimum Gasteiger partial charge on any atom is -0.477 e. The predicted molar refractivity (Wildman–Crippen MR) is 68.0 cm³/mol. The lowest BCUT2D eigenvalue weighted by Crippen LogP contribution is -2.01. The molecule has 1 aromatic carbocycles. The Hall–Kier alpha value is -1.59. The number of benzene rings is 1. The Bertz CT molecular complexity index is 645. The predicted octanol–water partition coefficient (Wildman–Crippen LogP) is 3.10. The van der Waals surface area contributed by atoms with Gasteiger partial charge in [0.15, 0.2) is 10.5 Å². The van der Waals surface area contributed by atoms with Crippen molar-refractivity contribution in [3.8, 4) is 11.3 Å². The molecule has 1 aromatic heterocycles. The van der Waals surface area contributed by atoms with Gasteiger partial charge in [-0.1, -0.05) is 23.7 Å². The zero-order chi connectivity index (χ0) is 12.6. The van der Waals surface area contributed by atoms with E-state index in [1.807, 2.05) is 0 Å². The Kier molecular flexibility index (Phi) is 3.04. The Morgan fingerprint density at radius 3 is 2.82 bits per heavy atom. The van der Waals surface area contributed by atoms with Crippen molar-refractivity contribution in [1.29, 1.82) is 0 Å². The van der Waals surface area contributed by atoms with Gasteiger partial charge in [0.2, 0.25) is 0 Å². The number of aromatic amines is 1. The molecule has 0 aliphatic rings. The van der Waals surface area contributed by atoms with Crippen molar-refractivity contribution in [3.63, 3.8) is 0 Å². The van der Waals surface area contributed by atoms with E-state index < -0.39 is 5.97 Å². The molecule has 0 saturated heterocycles. The van der Waals surface area contributed by atoms with Crippen LogP contribution in [0.15, 0.2) is 24.3 Å². The second-order valence-electron chi connectivity index (χ2n) is 3.53. The first-order valence-corrected chi connectivity index (χ1v) is 5.57. The number of imidazole rings is 1. The van der Waals surface area contributed by atoms with Gasteiger partial charge in [0.25, 0.3) is 0 Å². The number of rotatable bonds is 2. The van der Waals surface area contributed by atoms with E-state index in [1.165, 1.54) is 0 Å². The molecule has 0 spiro atoms. The summed E-state index contributed by atoms with van der Waals surface area (Å²) in [6.45, 7) is 0. The molecule has 0 saturated carbocycles. The van der Waals surface area contributed by atoms with Crippen LogP contribution >= 0.6 is 23.8 Å². The summed E-state index contributed by atoms with van der Waals surface area (Å²) in [5.74, 6) is -1.05. The molecule has 0 radical (unpaired) electrons. The van der Waals surface area contributed by atoms with Gasteiger partial charge < -0.3 is 14.7 Å². The molecule has 0 fully saturated rings. The lowest BCUT2D eigenvalue weighted by Gasteiger charge is -2.04. The fourth-order valence-electron chi connectivity index (χ4n) is 1.65. The van der Waals surface area contributed by atoms with Crippen LogP contribution in [0.3, 0.4) is 0 Å². The molecule has 0 atom stereocenters. The molecule has 2 rings (SSSR count). The summed E-state index contributed by atoms with van der Waals surface area (Å²) >= 11 is 10.9. The van der Waals surface area contributed by atoms with Crippen molar-refractivity contribution >= 4 is 29.8 Å². The van der Waals surface area contributed by atoms with Crippen LogP contribution in [0.2, 0.25) is 5.02 Å². The van der Waals surface area contributed by atoms with Crippen molar-refractivity contribution in [3.05, 3.63) is 39.8 Å². The van der Waals surface area contributed by atoms with E-state index >= 15 is 0 Å². The van der Waals surface area contributed by atoms with Gasteiger partial charge in [0.05, 0.1) is 5.69 Å². The van der Waals surface area contributed by atoms with Crippen LogP contribution < -0.4 is 0 Å². The molecule has 17 heavy (non-hydrogen) atoms. The second kappa shape index (κ2) is 4.35. The van der Waals surface area contributed by atoms with Crippen molar-refractivity contribution in [2.45, 2.75) is 0 Å². The van der Waals surface area contributed by atoms with Crippen LogP contribution in [-0.2, 0) is 7.05 Å². The Morgan fingerprint density at radius 2 is 2.24 bits per heavy atom. The summed E-state index contributed by atoms with van der Waals surface area (Å²) in [4.78, 5) is 13.8. The molecule has 88 valence electrons. The van der Waals surface area contributed by atoms with Crippen LogP contribution in [0.1, 0.15) is 10.5 Å². The molecule has 0 amide bonds. The third-order valence-corrected chi connectivity index (χ3v) is 3.03. The lowest BCUT2D eigenvalue weighted by molar-refractivity contribution is 0.0692. The van der Waals surface area contributed by atoms with E-state index in [1.54, 1.807) is 35.9 Å². The fraction of sp³-hybridized carbons (Fsp3) is 0.0909. The Labute approximate surface area is 107 Å². The van der Waals surface area contributed by atoms with Crippen LogP contribution in [0.25, 0.3) is 11.3 Å². The summed E-state index contributed by atoms with van der Waals surface area (Å²) in [6.07, 6.45) is 0. The van der Waals surface area contributed by atoms with E-state index in [0.717, 1.165) is 0 Å². The zero-order valence-electron chi connectivity index (χ0n) is 8.90. The quantitative estimate of drug-likeness (QED) is 0.823. The fourth-order valence-corrected chi connectivity index (χ4v) is 2.03. The van der Waals surface area contributed by atoms with Gasteiger partial charge in [-0.2, -0.15) is 0 Å². The highest BCUT2D eigenvalue weighted by molar-refractivity contribution is 7.71. The number of halogens is 1. The van der Waals surface area contributed by atoms with Gasteiger partial charge in [0, 0.05) is 17.6 Å². The van der Waals surface area contributed by atoms with Crippen molar-refractivity contribution in [1.82, 2.24) is 9.55 Å². The standard InChI is InChI=1S/C11H9ClN2O2S/c1-14-9(6-3-2-4-7(12)5-6)8(10(15)16)13-11(14)17/h2-5H,1H3,(H,13,17)(H,15,16). The van der Waals surface area contributed by atoms with E-state index in [4.69, 9.17) is 28.9 Å². The molecule has 0 unspecified atom stereocenters. The van der Waals surface area contributed by atoms with Crippen molar-refractivity contribution in [2.24, 2.45) is 7.05 Å². The number of aromatic nitrogens is 2. The van der Waals surface area contributed by atoms with Crippen molar-refractivity contribution in [2.75, 3.05) is 0 Å². The van der Waals surface area contributed by atoms with Crippen LogP contribution in [0.4, 0.5) is 0 Å². The number of carboxylic acid groups (broad SMARTS) is 1. The average Bonchev–Trinajstić information content (AvgIpc) is 2.56. The summed E-state index contributed by atoms with van der Waals surface area (Å²) in [6, 6.07) is 6.98. The third kappa shape index (κ3) is 2.11. The molecule has 4 nitrogen and oxygen atoms in total. The minimum atomic E-state index is -1.05. The van der Waals surface area contributed by atoms with Gasteiger partial charge in [-0.25, -0.2) is 4.79 Å². The summed E-state index contributed by atoms with van der Waals surface area (Å²) < 4.78 is 1.97. The normalized spacial score (nSPS) is 10.5. The van der Waals surface area contributed by atoms with Gasteiger partial charge in [0.1, 0.15) is 0 Å². The molecular weight excluding hydrogens is 260 g/mol. The first-order chi connectivity index (χ1) is 8.00. The minimum absolute atomic E-state index is 0.0692. The topological polar surface area (TPSA) is 58.0 Å². The monoisotopic (exact) mass is 268 g/mol. The molecule has 0 bridgehead atoms. The van der Waals surface area contributed by atoms with E-state index in [0.29, 0.717) is 21.1 Å². The highest BCUT2D eigenvalue weighted by atomic mass is 35.5.